The molecule has 0 bridgehead atoms. The van der Waals surface area contributed by atoms with Gasteiger partial charge in [0.05, 0.1) is 29.5 Å². The zero-order valence-corrected chi connectivity index (χ0v) is 17.0. The number of hydrogen-bond donors (Lipinski definition) is 1. The van der Waals surface area contributed by atoms with Crippen LogP contribution in [-0.4, -0.2) is 33.5 Å². The van der Waals surface area contributed by atoms with Crippen molar-refractivity contribution in [3.05, 3.63) is 59.4 Å². The van der Waals surface area contributed by atoms with Crippen LogP contribution in [0.3, 0.4) is 0 Å². The number of rotatable bonds is 5. The van der Waals surface area contributed by atoms with E-state index in [-0.39, 0.29) is 24.0 Å². The molecular weight excluding hydrogens is 350 g/mol. The Morgan fingerprint density at radius 2 is 1.86 bits per heavy atom. The number of imidazole rings is 1. The number of nitrogens with one attached hydrogen (secondary N) is 1. The molecule has 1 aromatic carbocycles. The van der Waals surface area contributed by atoms with Crippen LogP contribution in [0.15, 0.2) is 42.6 Å². The summed E-state index contributed by atoms with van der Waals surface area (Å²) in [6.45, 7) is 8.80. The summed E-state index contributed by atoms with van der Waals surface area (Å²) in [7, 11) is 0. The molecule has 3 aromatic rings. The highest BCUT2D eigenvalue weighted by atomic mass is 16.5. The first kappa shape index (κ1) is 18.7. The van der Waals surface area contributed by atoms with Crippen LogP contribution in [-0.2, 0) is 16.0 Å². The molecule has 1 amide bonds. The Balaban J connectivity index is 1.59. The number of pyridine rings is 1. The number of benzene rings is 1. The predicted molar refractivity (Wildman–Crippen MR) is 110 cm³/mol. The fourth-order valence-corrected chi connectivity index (χ4v) is 3.86. The average Bonchev–Trinajstić information content (AvgIpc) is 2.96. The van der Waals surface area contributed by atoms with Gasteiger partial charge in [-0.2, -0.15) is 0 Å². The Morgan fingerprint density at radius 3 is 2.54 bits per heavy atom. The van der Waals surface area contributed by atoms with Gasteiger partial charge in [0.15, 0.2) is 0 Å². The number of aromatic nitrogens is 2. The Kier molecular flexibility index (Phi) is 4.71. The van der Waals surface area contributed by atoms with E-state index in [1.807, 2.05) is 29.7 Å². The lowest BCUT2D eigenvalue weighted by Crippen LogP contribution is -2.51. The molecule has 146 valence electrons. The average molecular weight is 377 g/mol. The SMILES string of the molecule is Cc1ccc(-c2nc3ccc(C)cn3c2CC(=O)NCC2CC(C)(C)O2)cc1. The lowest BCUT2D eigenvalue weighted by molar-refractivity contribution is -0.182. The molecule has 0 saturated carbocycles. The molecule has 0 spiro atoms. The molecule has 0 aliphatic carbocycles. The third-order valence-electron chi connectivity index (χ3n) is 5.25. The highest BCUT2D eigenvalue weighted by Crippen LogP contribution is 2.31. The van der Waals surface area contributed by atoms with Gasteiger partial charge >= 0.3 is 0 Å². The molecule has 1 saturated heterocycles. The topological polar surface area (TPSA) is 55.6 Å². The van der Waals surface area contributed by atoms with E-state index >= 15 is 0 Å². The highest BCUT2D eigenvalue weighted by molar-refractivity contribution is 5.81. The van der Waals surface area contributed by atoms with Crippen LogP contribution < -0.4 is 5.32 Å². The molecule has 1 aliphatic rings. The van der Waals surface area contributed by atoms with Gasteiger partial charge in [0.1, 0.15) is 5.65 Å². The molecule has 3 heterocycles. The summed E-state index contributed by atoms with van der Waals surface area (Å²) in [5.41, 5.74) is 5.93. The number of aryl methyl sites for hydroxylation is 2. The van der Waals surface area contributed by atoms with Crippen LogP contribution in [0.25, 0.3) is 16.9 Å². The maximum atomic E-state index is 12.7. The summed E-state index contributed by atoms with van der Waals surface area (Å²) in [5.74, 6) is -0.00928. The van der Waals surface area contributed by atoms with E-state index in [1.165, 1.54) is 5.56 Å². The van der Waals surface area contributed by atoms with Gasteiger partial charge in [-0.25, -0.2) is 4.98 Å². The van der Waals surface area contributed by atoms with Crippen molar-refractivity contribution in [2.75, 3.05) is 6.54 Å². The highest BCUT2D eigenvalue weighted by Gasteiger charge is 2.37. The largest absolute Gasteiger partial charge is 0.370 e. The van der Waals surface area contributed by atoms with E-state index in [4.69, 9.17) is 9.72 Å². The van der Waals surface area contributed by atoms with Crippen molar-refractivity contribution in [1.29, 1.82) is 0 Å². The van der Waals surface area contributed by atoms with Crippen molar-refractivity contribution >= 4 is 11.6 Å². The monoisotopic (exact) mass is 377 g/mol. The van der Waals surface area contributed by atoms with Crippen LogP contribution >= 0.6 is 0 Å². The minimum absolute atomic E-state index is 0.00928. The van der Waals surface area contributed by atoms with Crippen molar-refractivity contribution in [2.24, 2.45) is 0 Å². The van der Waals surface area contributed by atoms with Gasteiger partial charge in [0.2, 0.25) is 5.91 Å². The zero-order valence-electron chi connectivity index (χ0n) is 17.0. The van der Waals surface area contributed by atoms with Crippen LogP contribution in [0.2, 0.25) is 0 Å². The molecule has 1 atom stereocenters. The Bertz CT molecular complexity index is 1010. The lowest BCUT2D eigenvalue weighted by atomic mass is 9.93. The van der Waals surface area contributed by atoms with Crippen LogP contribution in [0.4, 0.5) is 0 Å². The standard InChI is InChI=1S/C23H27N3O2/c1-15-5-8-17(9-6-15)22-19(26-14-16(2)7-10-20(26)25-22)11-21(27)24-13-18-12-23(3,4)28-18/h5-10,14,18H,11-13H2,1-4H3,(H,24,27). The number of carbonyl (C=O) groups is 1. The molecule has 5 nitrogen and oxygen atoms in total. The first-order chi connectivity index (χ1) is 13.3. The molecule has 28 heavy (non-hydrogen) atoms. The van der Waals surface area contributed by atoms with Crippen molar-refractivity contribution in [3.8, 4) is 11.3 Å². The first-order valence-corrected chi connectivity index (χ1v) is 9.80. The first-order valence-electron chi connectivity index (χ1n) is 9.80. The third kappa shape index (κ3) is 3.80. The maximum absolute atomic E-state index is 12.7. The molecule has 1 fully saturated rings. The summed E-state index contributed by atoms with van der Waals surface area (Å²) >= 11 is 0. The van der Waals surface area contributed by atoms with E-state index in [9.17, 15) is 4.79 Å². The quantitative estimate of drug-likeness (QED) is 0.735. The van der Waals surface area contributed by atoms with Gasteiger partial charge in [0, 0.05) is 24.7 Å². The summed E-state index contributed by atoms with van der Waals surface area (Å²) in [4.78, 5) is 17.5. The van der Waals surface area contributed by atoms with E-state index in [0.717, 1.165) is 34.6 Å². The summed E-state index contributed by atoms with van der Waals surface area (Å²) < 4.78 is 7.80. The molecular formula is C23H27N3O2. The number of nitrogens with zero attached hydrogens (tertiary/aromatic N) is 2. The van der Waals surface area contributed by atoms with Gasteiger partial charge in [-0.05, 0) is 39.3 Å². The summed E-state index contributed by atoms with van der Waals surface area (Å²) in [6, 6.07) is 12.3. The van der Waals surface area contributed by atoms with Gasteiger partial charge in [-0.1, -0.05) is 35.9 Å². The molecule has 1 aliphatic heterocycles. The van der Waals surface area contributed by atoms with E-state index in [2.05, 4.69) is 50.4 Å². The van der Waals surface area contributed by atoms with Gasteiger partial charge in [-0.15, -0.1) is 0 Å². The van der Waals surface area contributed by atoms with E-state index < -0.39 is 0 Å². The van der Waals surface area contributed by atoms with Crippen molar-refractivity contribution in [1.82, 2.24) is 14.7 Å². The van der Waals surface area contributed by atoms with Crippen LogP contribution in [0.5, 0.6) is 0 Å². The fraction of sp³-hybridized carbons (Fsp3) is 0.391. The molecule has 1 unspecified atom stereocenters. The number of fused-ring (bicyclic) bond motifs is 1. The number of carbonyl (C=O) groups excluding carboxylic acids is 1. The van der Waals surface area contributed by atoms with Crippen molar-refractivity contribution in [3.63, 3.8) is 0 Å². The summed E-state index contributed by atoms with van der Waals surface area (Å²) in [5, 5.41) is 3.02. The minimum atomic E-state index is -0.0623. The fourth-order valence-electron chi connectivity index (χ4n) is 3.86. The van der Waals surface area contributed by atoms with Gasteiger partial charge in [0.25, 0.3) is 0 Å². The minimum Gasteiger partial charge on any atom is -0.370 e. The molecule has 0 radical (unpaired) electrons. The van der Waals surface area contributed by atoms with Crippen molar-refractivity contribution < 1.29 is 9.53 Å². The van der Waals surface area contributed by atoms with E-state index in [0.29, 0.717) is 6.54 Å². The Hall–Kier alpha value is -2.66. The number of ether oxygens (including phenoxy) is 1. The van der Waals surface area contributed by atoms with Crippen LogP contribution in [0.1, 0.15) is 37.1 Å². The third-order valence-corrected chi connectivity index (χ3v) is 5.25. The lowest BCUT2D eigenvalue weighted by Gasteiger charge is -2.43. The second kappa shape index (κ2) is 7.06. The van der Waals surface area contributed by atoms with Gasteiger partial charge < -0.3 is 14.5 Å². The van der Waals surface area contributed by atoms with Crippen molar-refractivity contribution in [2.45, 2.75) is 52.2 Å². The Labute approximate surface area is 165 Å². The second-order valence-corrected chi connectivity index (χ2v) is 8.39. The molecule has 1 N–H and O–H groups in total. The number of hydrogen-bond acceptors (Lipinski definition) is 3. The summed E-state index contributed by atoms with van der Waals surface area (Å²) in [6.07, 6.45) is 3.40. The van der Waals surface area contributed by atoms with Crippen LogP contribution in [0, 0.1) is 13.8 Å². The predicted octanol–water partition coefficient (Wildman–Crippen LogP) is 3.84. The van der Waals surface area contributed by atoms with E-state index in [1.54, 1.807) is 0 Å². The molecule has 2 aromatic heterocycles. The normalized spacial score (nSPS) is 18.1. The zero-order chi connectivity index (χ0) is 19.9. The molecule has 4 rings (SSSR count). The molecule has 5 heteroatoms. The van der Waals surface area contributed by atoms with Gasteiger partial charge in [-0.3, -0.25) is 4.79 Å². The Morgan fingerprint density at radius 1 is 1.18 bits per heavy atom. The second-order valence-electron chi connectivity index (χ2n) is 8.39. The maximum Gasteiger partial charge on any atom is 0.226 e. The smallest absolute Gasteiger partial charge is 0.226 e. The number of amides is 1.